The Morgan fingerprint density at radius 2 is 1.90 bits per heavy atom. The Morgan fingerprint density at radius 1 is 1.17 bits per heavy atom. The number of amides is 1. The van der Waals surface area contributed by atoms with Crippen LogP contribution in [0.5, 0.6) is 0 Å². The van der Waals surface area contributed by atoms with Crippen LogP contribution >= 0.6 is 0 Å². The number of nitrogens with zero attached hydrogens (tertiary/aromatic N) is 3. The van der Waals surface area contributed by atoms with Gasteiger partial charge in [-0.05, 0) is 80.2 Å². The second-order valence-electron chi connectivity index (χ2n) is 10.8. The first-order valence-electron chi connectivity index (χ1n) is 11.8. The zero-order chi connectivity index (χ0) is 20.3. The third-order valence-electron chi connectivity index (χ3n) is 8.20. The largest absolute Gasteiger partial charge is 0.326 e. The van der Waals surface area contributed by atoms with Gasteiger partial charge in [-0.1, -0.05) is 6.07 Å². The van der Waals surface area contributed by atoms with Crippen LogP contribution in [0.2, 0.25) is 0 Å². The van der Waals surface area contributed by atoms with Crippen molar-refractivity contribution in [2.45, 2.75) is 64.0 Å². The first kappa shape index (κ1) is 18.8. The van der Waals surface area contributed by atoms with Crippen LogP contribution in [0, 0.1) is 23.2 Å². The number of hydrogen-bond donors (Lipinski definition) is 2. The van der Waals surface area contributed by atoms with E-state index in [1.807, 2.05) is 22.6 Å². The number of rotatable bonds is 5. The van der Waals surface area contributed by atoms with E-state index in [9.17, 15) is 4.79 Å². The van der Waals surface area contributed by atoms with Crippen LogP contribution in [0.15, 0.2) is 24.4 Å². The van der Waals surface area contributed by atoms with E-state index in [4.69, 9.17) is 10.7 Å². The number of fused-ring (bicyclic) bond motifs is 1. The van der Waals surface area contributed by atoms with Crippen LogP contribution in [-0.4, -0.2) is 39.3 Å². The fourth-order valence-electron chi connectivity index (χ4n) is 7.51. The van der Waals surface area contributed by atoms with Gasteiger partial charge in [0.25, 0.3) is 0 Å². The third kappa shape index (κ3) is 3.44. The lowest BCUT2D eigenvalue weighted by Gasteiger charge is -2.56. The van der Waals surface area contributed by atoms with E-state index in [2.05, 4.69) is 16.4 Å². The minimum atomic E-state index is 0.171. The fraction of sp³-hybridized carbons (Fsp3) is 0.667. The SMILES string of the molecule is N[C@@H]1CCN(Cc2cn3c(NC(=O)CC45CC6CC(CC(C6)C4)C5)cccc3n2)C1. The van der Waals surface area contributed by atoms with Crippen molar-refractivity contribution in [2.24, 2.45) is 28.9 Å². The minimum Gasteiger partial charge on any atom is -0.326 e. The number of nitrogens with two attached hydrogens (primary N) is 1. The van der Waals surface area contributed by atoms with Crippen LogP contribution < -0.4 is 11.1 Å². The average Bonchev–Trinajstić information content (AvgIpc) is 3.26. The van der Waals surface area contributed by atoms with Crippen LogP contribution in [0.1, 0.15) is 57.1 Å². The predicted octanol–water partition coefficient (Wildman–Crippen LogP) is 3.41. The van der Waals surface area contributed by atoms with Gasteiger partial charge in [-0.15, -0.1) is 0 Å². The normalized spacial score (nSPS) is 35.4. The number of imidazole rings is 1. The van der Waals surface area contributed by atoms with Crippen molar-refractivity contribution >= 4 is 17.4 Å². The average molecular weight is 408 g/mol. The molecule has 1 aliphatic heterocycles. The number of hydrogen-bond acceptors (Lipinski definition) is 4. The zero-order valence-corrected chi connectivity index (χ0v) is 17.7. The Morgan fingerprint density at radius 3 is 2.57 bits per heavy atom. The highest BCUT2D eigenvalue weighted by Crippen LogP contribution is 2.61. The lowest BCUT2D eigenvalue weighted by molar-refractivity contribution is -0.124. The molecule has 4 saturated carbocycles. The number of anilines is 1. The molecule has 1 atom stereocenters. The lowest BCUT2D eigenvalue weighted by Crippen LogP contribution is -2.47. The van der Waals surface area contributed by atoms with Gasteiger partial charge in [-0.2, -0.15) is 0 Å². The van der Waals surface area contributed by atoms with Crippen molar-refractivity contribution in [2.75, 3.05) is 18.4 Å². The van der Waals surface area contributed by atoms with Crippen molar-refractivity contribution in [3.05, 3.63) is 30.1 Å². The molecule has 1 saturated heterocycles. The minimum absolute atomic E-state index is 0.171. The molecule has 4 aliphatic carbocycles. The highest BCUT2D eigenvalue weighted by molar-refractivity contribution is 5.90. The number of carbonyl (C=O) groups excluding carboxylic acids is 1. The molecule has 0 spiro atoms. The molecule has 1 amide bonds. The number of pyridine rings is 1. The molecule has 0 unspecified atom stereocenters. The summed E-state index contributed by atoms with van der Waals surface area (Å²) in [6.07, 6.45) is 11.9. The van der Waals surface area contributed by atoms with Gasteiger partial charge >= 0.3 is 0 Å². The summed E-state index contributed by atoms with van der Waals surface area (Å²) < 4.78 is 2.03. The molecule has 2 aromatic heterocycles. The van der Waals surface area contributed by atoms with E-state index in [-0.39, 0.29) is 17.4 Å². The van der Waals surface area contributed by atoms with Gasteiger partial charge < -0.3 is 11.1 Å². The van der Waals surface area contributed by atoms with Crippen LogP contribution in [0.4, 0.5) is 5.82 Å². The summed E-state index contributed by atoms with van der Waals surface area (Å²) in [5.74, 6) is 3.64. The summed E-state index contributed by atoms with van der Waals surface area (Å²) in [5, 5.41) is 3.22. The standard InChI is InChI=1S/C24H33N5O/c25-19-4-5-28(13-19)14-20-15-29-21(26-20)2-1-3-22(29)27-23(30)12-24-9-16-6-17(10-24)8-18(7-16)11-24/h1-3,15-19H,4-14,25H2,(H,27,30)/t16?,17?,18?,19-,24?/m1/s1. The Kier molecular flexibility index (Phi) is 4.43. The molecule has 4 bridgehead atoms. The molecule has 5 aliphatic rings. The maximum Gasteiger partial charge on any atom is 0.226 e. The number of likely N-dealkylation sites (tertiary alicyclic amines) is 1. The highest BCUT2D eigenvalue weighted by Gasteiger charge is 2.51. The summed E-state index contributed by atoms with van der Waals surface area (Å²) in [5.41, 5.74) is 8.23. The zero-order valence-electron chi connectivity index (χ0n) is 17.7. The summed E-state index contributed by atoms with van der Waals surface area (Å²) in [6, 6.07) is 6.26. The Labute approximate surface area is 178 Å². The second-order valence-corrected chi connectivity index (χ2v) is 10.8. The smallest absolute Gasteiger partial charge is 0.226 e. The highest BCUT2D eigenvalue weighted by atomic mass is 16.1. The molecule has 6 heteroatoms. The van der Waals surface area contributed by atoms with E-state index in [0.717, 1.165) is 61.0 Å². The predicted molar refractivity (Wildman–Crippen MR) is 117 cm³/mol. The quantitative estimate of drug-likeness (QED) is 0.796. The summed E-state index contributed by atoms with van der Waals surface area (Å²) in [6.45, 7) is 2.78. The summed E-state index contributed by atoms with van der Waals surface area (Å²) in [7, 11) is 0. The molecule has 30 heavy (non-hydrogen) atoms. The van der Waals surface area contributed by atoms with Gasteiger partial charge in [0, 0.05) is 38.3 Å². The molecule has 7 rings (SSSR count). The van der Waals surface area contributed by atoms with Crippen molar-refractivity contribution in [1.29, 1.82) is 0 Å². The van der Waals surface area contributed by atoms with Gasteiger partial charge in [0.15, 0.2) is 0 Å². The van der Waals surface area contributed by atoms with Crippen LogP contribution in [-0.2, 0) is 11.3 Å². The molecule has 2 aromatic rings. The van der Waals surface area contributed by atoms with Crippen LogP contribution in [0.3, 0.4) is 0 Å². The van der Waals surface area contributed by atoms with Crippen molar-refractivity contribution in [3.63, 3.8) is 0 Å². The number of nitrogens with one attached hydrogen (secondary N) is 1. The van der Waals surface area contributed by atoms with Gasteiger partial charge in [0.1, 0.15) is 11.5 Å². The van der Waals surface area contributed by atoms with Crippen molar-refractivity contribution in [3.8, 4) is 0 Å². The molecular weight excluding hydrogens is 374 g/mol. The molecule has 6 nitrogen and oxygen atoms in total. The Bertz CT molecular complexity index is 930. The van der Waals surface area contributed by atoms with Gasteiger partial charge in [0.05, 0.1) is 5.69 Å². The maximum atomic E-state index is 13.1. The van der Waals surface area contributed by atoms with E-state index < -0.39 is 0 Å². The third-order valence-corrected chi connectivity index (χ3v) is 8.20. The van der Waals surface area contributed by atoms with Gasteiger partial charge in [-0.3, -0.25) is 14.1 Å². The summed E-state index contributed by atoms with van der Waals surface area (Å²) in [4.78, 5) is 20.2. The summed E-state index contributed by atoms with van der Waals surface area (Å²) >= 11 is 0. The molecule has 3 N–H and O–H groups in total. The Hall–Kier alpha value is -1.92. The van der Waals surface area contributed by atoms with E-state index in [1.54, 1.807) is 0 Å². The van der Waals surface area contributed by atoms with Gasteiger partial charge in [-0.25, -0.2) is 4.98 Å². The molecule has 0 aromatic carbocycles. The van der Waals surface area contributed by atoms with Crippen molar-refractivity contribution in [1.82, 2.24) is 14.3 Å². The first-order valence-corrected chi connectivity index (χ1v) is 11.8. The van der Waals surface area contributed by atoms with Crippen molar-refractivity contribution < 1.29 is 4.79 Å². The maximum absolute atomic E-state index is 13.1. The van der Waals surface area contributed by atoms with Crippen LogP contribution in [0.25, 0.3) is 5.65 Å². The molecule has 0 radical (unpaired) electrons. The molecule has 5 fully saturated rings. The van der Waals surface area contributed by atoms with E-state index >= 15 is 0 Å². The lowest BCUT2D eigenvalue weighted by atomic mass is 9.49. The molecule has 3 heterocycles. The van der Waals surface area contributed by atoms with E-state index in [0.29, 0.717) is 6.42 Å². The first-order chi connectivity index (χ1) is 14.5. The monoisotopic (exact) mass is 407 g/mol. The topological polar surface area (TPSA) is 75.7 Å². The number of aromatic nitrogens is 2. The Balaban J connectivity index is 1.17. The molecule has 160 valence electrons. The van der Waals surface area contributed by atoms with Gasteiger partial charge in [0.2, 0.25) is 5.91 Å². The fourth-order valence-corrected chi connectivity index (χ4v) is 7.51. The number of carbonyl (C=O) groups is 1. The second kappa shape index (κ2) is 7.06. The molecular formula is C24H33N5O. The van der Waals surface area contributed by atoms with E-state index in [1.165, 1.54) is 38.5 Å².